The summed E-state index contributed by atoms with van der Waals surface area (Å²) in [7, 11) is 0. The lowest BCUT2D eigenvalue weighted by Gasteiger charge is -2.06. The van der Waals surface area contributed by atoms with E-state index in [2.05, 4.69) is 15.5 Å². The van der Waals surface area contributed by atoms with Crippen LogP contribution in [0.4, 0.5) is 0 Å². The van der Waals surface area contributed by atoms with Gasteiger partial charge in [0.1, 0.15) is 0 Å². The first kappa shape index (κ1) is 12.4. The zero-order chi connectivity index (χ0) is 12.8. The van der Waals surface area contributed by atoms with E-state index in [-0.39, 0.29) is 0 Å². The molecule has 2 rings (SSSR count). The molecule has 4 nitrogen and oxygen atoms in total. The first-order chi connectivity index (χ1) is 8.85. The molecule has 2 aromatic rings. The lowest BCUT2D eigenvalue weighted by molar-refractivity contribution is 0.220. The first-order valence-electron chi connectivity index (χ1n) is 6.12. The predicted molar refractivity (Wildman–Crippen MR) is 69.0 cm³/mol. The van der Waals surface area contributed by atoms with Gasteiger partial charge in [0.2, 0.25) is 0 Å². The maximum Gasteiger partial charge on any atom is 0.179 e. The second kappa shape index (κ2) is 6.03. The van der Waals surface area contributed by atoms with Crippen molar-refractivity contribution in [3.8, 4) is 0 Å². The van der Waals surface area contributed by atoms with Gasteiger partial charge in [0.05, 0.1) is 24.6 Å². The van der Waals surface area contributed by atoms with Gasteiger partial charge in [-0.25, -0.2) is 9.78 Å². The standard InChI is InChI=1S/C14H16N2O2/c1-2-18-14(10-17)8-4-6-12-5-3-7-13-9-15-11-16(12)13/h3,5,7,9,11H,2,4,6,8H2,1H3. The third-order valence-electron chi connectivity index (χ3n) is 2.80. The third kappa shape index (κ3) is 2.79. The smallest absolute Gasteiger partial charge is 0.179 e. The SMILES string of the molecule is CCOC(=C=O)CCCc1cccc2cncn12. The predicted octanol–water partition coefficient (Wildman–Crippen LogP) is 2.41. The Hall–Kier alpha value is -2.06. The molecule has 0 atom stereocenters. The molecular weight excluding hydrogens is 228 g/mol. The number of allylic oxidation sites excluding steroid dienone is 1. The Morgan fingerprint density at radius 2 is 2.39 bits per heavy atom. The molecule has 94 valence electrons. The van der Waals surface area contributed by atoms with Gasteiger partial charge in [-0.2, -0.15) is 0 Å². The minimum absolute atomic E-state index is 0.412. The second-order valence-electron chi connectivity index (χ2n) is 4.02. The summed E-state index contributed by atoms with van der Waals surface area (Å²) in [5, 5.41) is 0. The number of ether oxygens (including phenoxy) is 1. The molecule has 4 heteroatoms. The van der Waals surface area contributed by atoms with Gasteiger partial charge in [-0.05, 0) is 31.9 Å². The minimum Gasteiger partial charge on any atom is -0.487 e. The van der Waals surface area contributed by atoms with E-state index in [9.17, 15) is 4.79 Å². The van der Waals surface area contributed by atoms with Crippen molar-refractivity contribution in [3.63, 3.8) is 0 Å². The lowest BCUT2D eigenvalue weighted by Crippen LogP contribution is -1.98. The van der Waals surface area contributed by atoms with Gasteiger partial charge in [0, 0.05) is 12.1 Å². The molecule has 0 radical (unpaired) electrons. The van der Waals surface area contributed by atoms with E-state index in [4.69, 9.17) is 4.74 Å². The molecule has 0 spiro atoms. The minimum atomic E-state index is 0.412. The highest BCUT2D eigenvalue weighted by Gasteiger charge is 2.03. The first-order valence-corrected chi connectivity index (χ1v) is 6.12. The van der Waals surface area contributed by atoms with E-state index in [1.165, 1.54) is 5.69 Å². The zero-order valence-electron chi connectivity index (χ0n) is 10.4. The van der Waals surface area contributed by atoms with Crippen molar-refractivity contribution in [1.29, 1.82) is 0 Å². The summed E-state index contributed by atoms with van der Waals surface area (Å²) in [5.74, 6) is 2.26. The zero-order valence-corrected chi connectivity index (χ0v) is 10.4. The molecule has 0 aliphatic heterocycles. The number of hydrogen-bond donors (Lipinski definition) is 0. The Kier molecular flexibility index (Phi) is 4.15. The molecule has 0 bridgehead atoms. The second-order valence-corrected chi connectivity index (χ2v) is 4.02. The number of rotatable bonds is 6. The van der Waals surface area contributed by atoms with Crippen molar-refractivity contribution in [1.82, 2.24) is 9.38 Å². The van der Waals surface area contributed by atoms with Crippen LogP contribution < -0.4 is 0 Å². The number of hydrogen-bond acceptors (Lipinski definition) is 3. The van der Waals surface area contributed by atoms with Crippen LogP contribution >= 0.6 is 0 Å². The van der Waals surface area contributed by atoms with Crippen LogP contribution in [0.1, 0.15) is 25.5 Å². The van der Waals surface area contributed by atoms with Crippen molar-refractivity contribution in [3.05, 3.63) is 42.2 Å². The van der Waals surface area contributed by atoms with Gasteiger partial charge < -0.3 is 9.14 Å². The number of carbonyl (C=O) groups excluding carboxylic acids is 1. The fourth-order valence-electron chi connectivity index (χ4n) is 1.97. The van der Waals surface area contributed by atoms with Gasteiger partial charge in [-0.1, -0.05) is 6.07 Å². The molecular formula is C14H16N2O2. The fraction of sp³-hybridized carbons (Fsp3) is 0.357. The highest BCUT2D eigenvalue weighted by molar-refractivity contribution is 5.49. The molecule has 0 aliphatic carbocycles. The van der Waals surface area contributed by atoms with Crippen LogP contribution in [0.3, 0.4) is 0 Å². The van der Waals surface area contributed by atoms with Crippen LogP contribution in [0.15, 0.2) is 36.5 Å². The maximum absolute atomic E-state index is 10.6. The van der Waals surface area contributed by atoms with E-state index in [0.29, 0.717) is 18.8 Å². The van der Waals surface area contributed by atoms with E-state index in [1.54, 1.807) is 0 Å². The molecule has 0 fully saturated rings. The van der Waals surface area contributed by atoms with Crippen LogP contribution in [-0.2, 0) is 16.0 Å². The summed E-state index contributed by atoms with van der Waals surface area (Å²) >= 11 is 0. The van der Waals surface area contributed by atoms with Gasteiger partial charge in [0.15, 0.2) is 11.7 Å². The highest BCUT2D eigenvalue weighted by atomic mass is 16.5. The quantitative estimate of drug-likeness (QED) is 0.579. The Labute approximate surface area is 106 Å². The number of aryl methyl sites for hydroxylation is 1. The average Bonchev–Trinajstić information content (AvgIpc) is 2.86. The van der Waals surface area contributed by atoms with Crippen molar-refractivity contribution >= 4 is 11.5 Å². The fourth-order valence-corrected chi connectivity index (χ4v) is 1.97. The Morgan fingerprint density at radius 3 is 3.17 bits per heavy atom. The molecule has 0 N–H and O–H groups in total. The molecule has 0 saturated heterocycles. The molecule has 0 amide bonds. The number of fused-ring (bicyclic) bond motifs is 1. The third-order valence-corrected chi connectivity index (χ3v) is 2.80. The van der Waals surface area contributed by atoms with Gasteiger partial charge in [0.25, 0.3) is 0 Å². The average molecular weight is 244 g/mol. The van der Waals surface area contributed by atoms with Crippen LogP contribution in [0.2, 0.25) is 0 Å². The number of pyridine rings is 1. The molecule has 0 aromatic carbocycles. The van der Waals surface area contributed by atoms with Gasteiger partial charge in [-0.15, -0.1) is 0 Å². The summed E-state index contributed by atoms with van der Waals surface area (Å²) < 4.78 is 7.24. The summed E-state index contributed by atoms with van der Waals surface area (Å²) in [6.45, 7) is 2.38. The van der Waals surface area contributed by atoms with Gasteiger partial charge in [-0.3, -0.25) is 0 Å². The van der Waals surface area contributed by atoms with E-state index in [0.717, 1.165) is 18.4 Å². The number of nitrogens with zero attached hydrogens (tertiary/aromatic N) is 2. The summed E-state index contributed by atoms with van der Waals surface area (Å²) in [6.07, 6.45) is 6.01. The van der Waals surface area contributed by atoms with Crippen molar-refractivity contribution in [2.24, 2.45) is 0 Å². The van der Waals surface area contributed by atoms with Crippen molar-refractivity contribution in [2.75, 3.05) is 6.61 Å². The van der Waals surface area contributed by atoms with Crippen LogP contribution in [0, 0.1) is 0 Å². The molecule has 2 heterocycles. The van der Waals surface area contributed by atoms with E-state index >= 15 is 0 Å². The maximum atomic E-state index is 10.6. The van der Waals surface area contributed by atoms with Crippen LogP contribution in [0.25, 0.3) is 5.52 Å². The highest BCUT2D eigenvalue weighted by Crippen LogP contribution is 2.12. The normalized spacial score (nSPS) is 10.3. The van der Waals surface area contributed by atoms with E-state index in [1.807, 2.05) is 37.5 Å². The topological polar surface area (TPSA) is 43.6 Å². The summed E-state index contributed by atoms with van der Waals surface area (Å²) in [5.41, 5.74) is 2.27. The Morgan fingerprint density at radius 1 is 1.50 bits per heavy atom. The molecule has 0 saturated carbocycles. The van der Waals surface area contributed by atoms with Crippen molar-refractivity contribution < 1.29 is 9.53 Å². The summed E-state index contributed by atoms with van der Waals surface area (Å²) in [6, 6.07) is 6.11. The molecule has 2 aromatic heterocycles. The van der Waals surface area contributed by atoms with Crippen molar-refractivity contribution in [2.45, 2.75) is 26.2 Å². The van der Waals surface area contributed by atoms with Crippen LogP contribution in [0.5, 0.6) is 0 Å². The van der Waals surface area contributed by atoms with E-state index < -0.39 is 0 Å². The molecule has 18 heavy (non-hydrogen) atoms. The molecule has 0 aliphatic rings. The molecule has 0 unspecified atom stereocenters. The number of imidazole rings is 1. The Bertz CT molecular complexity index is 568. The lowest BCUT2D eigenvalue weighted by atomic mass is 10.1. The monoisotopic (exact) mass is 244 g/mol. The Balaban J connectivity index is 1.98. The largest absolute Gasteiger partial charge is 0.487 e. The summed E-state index contributed by atoms with van der Waals surface area (Å²) in [4.78, 5) is 14.7. The number of aromatic nitrogens is 2. The van der Waals surface area contributed by atoms with Crippen LogP contribution in [-0.4, -0.2) is 21.9 Å². The van der Waals surface area contributed by atoms with Gasteiger partial charge >= 0.3 is 0 Å².